The molecule has 1 aliphatic rings. The number of carbonyl (C=O) groups excluding carboxylic acids is 2. The normalized spacial score (nSPS) is 15.2. The predicted octanol–water partition coefficient (Wildman–Crippen LogP) is 2.06. The molecule has 1 heterocycles. The van der Waals surface area contributed by atoms with Crippen molar-refractivity contribution in [1.29, 1.82) is 0 Å². The van der Waals surface area contributed by atoms with Gasteiger partial charge in [0.1, 0.15) is 0 Å². The lowest BCUT2D eigenvalue weighted by atomic mass is 10.1. The van der Waals surface area contributed by atoms with E-state index < -0.39 is 11.7 Å². The first-order valence-electron chi connectivity index (χ1n) is 5.86. The lowest BCUT2D eigenvalue weighted by Crippen LogP contribution is -2.32. The minimum absolute atomic E-state index is 0.173. The zero-order chi connectivity index (χ0) is 14.2. The highest BCUT2D eigenvalue weighted by molar-refractivity contribution is 9.10. The zero-order valence-electron chi connectivity index (χ0n) is 11.0. The molecule has 5 nitrogen and oxygen atoms in total. The molecule has 0 saturated carbocycles. The highest BCUT2D eigenvalue weighted by Gasteiger charge is 2.29. The molecule has 1 atom stereocenters. The topological polar surface area (TPSA) is 58.6 Å². The second kappa shape index (κ2) is 5.30. The van der Waals surface area contributed by atoms with Crippen LogP contribution in [0, 0.1) is 0 Å². The fourth-order valence-electron chi connectivity index (χ4n) is 2.02. The number of halogens is 1. The Balaban J connectivity index is 2.37. The fourth-order valence-corrected chi connectivity index (χ4v) is 2.64. The number of nitrogens with zero attached hydrogens (tertiary/aromatic N) is 1. The van der Waals surface area contributed by atoms with Gasteiger partial charge in [0.2, 0.25) is 0 Å². The van der Waals surface area contributed by atoms with E-state index in [0.717, 1.165) is 10.2 Å². The summed E-state index contributed by atoms with van der Waals surface area (Å²) in [6.45, 7) is 2.62. The molecule has 0 saturated heterocycles. The fraction of sp³-hybridized carbons (Fsp3) is 0.385. The van der Waals surface area contributed by atoms with Crippen LogP contribution in [0.4, 0.5) is 11.4 Å². The summed E-state index contributed by atoms with van der Waals surface area (Å²) in [4.78, 5) is 25.0. The van der Waals surface area contributed by atoms with Crippen molar-refractivity contribution in [2.24, 2.45) is 0 Å². The molecule has 1 amide bonds. The van der Waals surface area contributed by atoms with Gasteiger partial charge in [0.05, 0.1) is 23.5 Å². The first kappa shape index (κ1) is 14.0. The van der Waals surface area contributed by atoms with Crippen molar-refractivity contribution in [2.75, 3.05) is 31.0 Å². The average Bonchev–Trinajstić information content (AvgIpc) is 2.64. The molecule has 6 heteroatoms. The van der Waals surface area contributed by atoms with Crippen LogP contribution in [0.3, 0.4) is 0 Å². The smallest absolute Gasteiger partial charge is 0.296 e. The number of hydrogen-bond donors (Lipinski definition) is 1. The molecule has 0 spiro atoms. The monoisotopic (exact) mass is 326 g/mol. The summed E-state index contributed by atoms with van der Waals surface area (Å²) in [6, 6.07) is 3.65. The third-order valence-corrected chi connectivity index (χ3v) is 3.87. The third kappa shape index (κ3) is 2.50. The molecule has 1 aliphatic heterocycles. The van der Waals surface area contributed by atoms with Gasteiger partial charge in [0, 0.05) is 24.7 Å². The van der Waals surface area contributed by atoms with Crippen molar-refractivity contribution in [2.45, 2.75) is 13.0 Å². The lowest BCUT2D eigenvalue weighted by molar-refractivity contribution is -0.112. The molecule has 1 N–H and O–H groups in total. The number of methoxy groups -OCH3 is 1. The minimum atomic E-state index is -0.577. The number of benzene rings is 1. The standard InChI is InChI=1S/C13H15BrN2O3/c1-7(6-19-3)16(2)11-5-10-8(4-9(11)14)12(17)13(18)15-10/h4-5,7H,6H2,1-3H3,(H,15,17,18). The number of hydrogen-bond acceptors (Lipinski definition) is 4. The van der Waals surface area contributed by atoms with E-state index in [4.69, 9.17) is 4.74 Å². The van der Waals surface area contributed by atoms with E-state index in [1.807, 2.05) is 18.9 Å². The molecule has 0 aliphatic carbocycles. The molecule has 1 aromatic rings. The van der Waals surface area contributed by atoms with Gasteiger partial charge < -0.3 is 15.0 Å². The van der Waals surface area contributed by atoms with E-state index in [1.165, 1.54) is 0 Å². The molecule has 0 radical (unpaired) electrons. The van der Waals surface area contributed by atoms with Crippen LogP contribution in [0.2, 0.25) is 0 Å². The van der Waals surface area contributed by atoms with Crippen LogP contribution in [0.25, 0.3) is 0 Å². The third-order valence-electron chi connectivity index (χ3n) is 3.24. The van der Waals surface area contributed by atoms with Crippen molar-refractivity contribution in [3.05, 3.63) is 22.2 Å². The van der Waals surface area contributed by atoms with Crippen LogP contribution in [0.1, 0.15) is 17.3 Å². The number of ketones is 1. The number of anilines is 2. The molecular formula is C13H15BrN2O3. The molecule has 0 fully saturated rings. The van der Waals surface area contributed by atoms with E-state index >= 15 is 0 Å². The van der Waals surface area contributed by atoms with E-state index in [0.29, 0.717) is 17.9 Å². The Hall–Kier alpha value is -1.40. The summed E-state index contributed by atoms with van der Waals surface area (Å²) in [6.07, 6.45) is 0. The van der Waals surface area contributed by atoms with E-state index in [2.05, 4.69) is 21.2 Å². The van der Waals surface area contributed by atoms with Gasteiger partial charge in [0.15, 0.2) is 0 Å². The second-order valence-corrected chi connectivity index (χ2v) is 5.40. The summed E-state index contributed by atoms with van der Waals surface area (Å²) in [5, 5.41) is 2.57. The van der Waals surface area contributed by atoms with Crippen molar-refractivity contribution < 1.29 is 14.3 Å². The van der Waals surface area contributed by atoms with Crippen LogP contribution in [-0.4, -0.2) is 38.5 Å². The number of nitrogens with one attached hydrogen (secondary N) is 1. The van der Waals surface area contributed by atoms with Crippen molar-refractivity contribution in [1.82, 2.24) is 0 Å². The summed E-state index contributed by atoms with van der Waals surface area (Å²) in [7, 11) is 3.59. The Morgan fingerprint density at radius 3 is 2.74 bits per heavy atom. The Kier molecular flexibility index (Phi) is 3.91. The molecule has 0 bridgehead atoms. The van der Waals surface area contributed by atoms with Gasteiger partial charge in [-0.15, -0.1) is 0 Å². The minimum Gasteiger partial charge on any atom is -0.383 e. The molecule has 0 aromatic heterocycles. The average molecular weight is 327 g/mol. The van der Waals surface area contributed by atoms with E-state index in [9.17, 15) is 9.59 Å². The number of carbonyl (C=O) groups is 2. The van der Waals surface area contributed by atoms with Crippen LogP contribution in [0.15, 0.2) is 16.6 Å². The summed E-state index contributed by atoms with van der Waals surface area (Å²) >= 11 is 3.44. The van der Waals surface area contributed by atoms with Gasteiger partial charge in [-0.05, 0) is 35.0 Å². The van der Waals surface area contributed by atoms with Crippen molar-refractivity contribution in [3.8, 4) is 0 Å². The van der Waals surface area contributed by atoms with Crippen molar-refractivity contribution in [3.63, 3.8) is 0 Å². The van der Waals surface area contributed by atoms with Crippen LogP contribution in [-0.2, 0) is 9.53 Å². The highest BCUT2D eigenvalue weighted by Crippen LogP contribution is 2.35. The lowest BCUT2D eigenvalue weighted by Gasteiger charge is -2.27. The maximum absolute atomic E-state index is 11.6. The van der Waals surface area contributed by atoms with Crippen molar-refractivity contribution >= 4 is 39.0 Å². The summed E-state index contributed by atoms with van der Waals surface area (Å²) in [5.74, 6) is -1.07. The number of ether oxygens (including phenoxy) is 1. The quantitative estimate of drug-likeness (QED) is 0.860. The Morgan fingerprint density at radius 2 is 2.11 bits per heavy atom. The zero-order valence-corrected chi connectivity index (χ0v) is 12.6. The summed E-state index contributed by atoms with van der Waals surface area (Å²) in [5.41, 5.74) is 1.87. The number of Topliss-reactive ketones (excluding diaryl/α,β-unsaturated/α-hetero) is 1. The Labute approximate surface area is 120 Å². The maximum Gasteiger partial charge on any atom is 0.296 e. The predicted molar refractivity (Wildman–Crippen MR) is 76.8 cm³/mol. The van der Waals surface area contributed by atoms with Gasteiger partial charge in [-0.1, -0.05) is 0 Å². The summed E-state index contributed by atoms with van der Waals surface area (Å²) < 4.78 is 5.91. The second-order valence-electron chi connectivity index (χ2n) is 4.55. The van der Waals surface area contributed by atoms with Gasteiger partial charge in [-0.3, -0.25) is 9.59 Å². The molecule has 19 heavy (non-hydrogen) atoms. The molecular weight excluding hydrogens is 312 g/mol. The van der Waals surface area contributed by atoms with Gasteiger partial charge in [-0.2, -0.15) is 0 Å². The Bertz CT molecular complexity index is 545. The van der Waals surface area contributed by atoms with Gasteiger partial charge in [0.25, 0.3) is 11.7 Å². The molecule has 102 valence electrons. The van der Waals surface area contributed by atoms with Crippen LogP contribution >= 0.6 is 15.9 Å². The molecule has 1 unspecified atom stereocenters. The first-order chi connectivity index (χ1) is 8.95. The van der Waals surface area contributed by atoms with Gasteiger partial charge >= 0.3 is 0 Å². The maximum atomic E-state index is 11.6. The van der Waals surface area contributed by atoms with Gasteiger partial charge in [-0.25, -0.2) is 0 Å². The Morgan fingerprint density at radius 1 is 1.42 bits per heavy atom. The first-order valence-corrected chi connectivity index (χ1v) is 6.66. The molecule has 1 aromatic carbocycles. The number of fused-ring (bicyclic) bond motifs is 1. The molecule has 2 rings (SSSR count). The van der Waals surface area contributed by atoms with Crippen LogP contribution < -0.4 is 10.2 Å². The highest BCUT2D eigenvalue weighted by atomic mass is 79.9. The number of amides is 1. The van der Waals surface area contributed by atoms with Crippen LogP contribution in [0.5, 0.6) is 0 Å². The van der Waals surface area contributed by atoms with E-state index in [1.54, 1.807) is 19.2 Å². The SMILES string of the molecule is COCC(C)N(C)c1cc2c(cc1Br)C(=O)C(=O)N2. The largest absolute Gasteiger partial charge is 0.383 e. The number of likely N-dealkylation sites (N-methyl/N-ethyl adjacent to an activating group) is 1. The number of rotatable bonds is 4. The van der Waals surface area contributed by atoms with E-state index in [-0.39, 0.29) is 6.04 Å².